The molecule has 0 unspecified atom stereocenters. The number of amides is 1. The van der Waals surface area contributed by atoms with Crippen LogP contribution in [0.1, 0.15) is 24.2 Å². The van der Waals surface area contributed by atoms with Crippen LogP contribution in [0.5, 0.6) is 0 Å². The Morgan fingerprint density at radius 1 is 1.44 bits per heavy atom. The molecule has 0 aliphatic rings. The van der Waals surface area contributed by atoms with Gasteiger partial charge in [-0.25, -0.2) is 0 Å². The predicted octanol–water partition coefficient (Wildman–Crippen LogP) is 3.27. The Morgan fingerprint density at radius 3 is 2.94 bits per heavy atom. The van der Waals surface area contributed by atoms with Gasteiger partial charge in [-0.2, -0.15) is 0 Å². The summed E-state index contributed by atoms with van der Waals surface area (Å²) in [6.45, 7) is 4.77. The van der Waals surface area contributed by atoms with E-state index in [1.54, 1.807) is 12.3 Å². The molecule has 0 saturated heterocycles. The number of para-hydroxylation sites is 1. The number of carbonyl (C=O) groups excluding carboxylic acids is 1. The van der Waals surface area contributed by atoms with Crippen molar-refractivity contribution in [1.29, 1.82) is 0 Å². The first-order valence-electron chi connectivity index (χ1n) is 5.90. The number of benzene rings is 1. The zero-order valence-electron chi connectivity index (χ0n) is 10.4. The lowest BCUT2D eigenvalue weighted by molar-refractivity contribution is 0.0949. The summed E-state index contributed by atoms with van der Waals surface area (Å²) in [5.41, 5.74) is 1.28. The number of nitrogens with zero attached hydrogens (tertiary/aromatic N) is 1. The second-order valence-corrected chi connectivity index (χ2v) is 5.05. The van der Waals surface area contributed by atoms with Crippen molar-refractivity contribution in [3.8, 4) is 0 Å². The molecule has 0 atom stereocenters. The molecule has 0 fully saturated rings. The summed E-state index contributed by atoms with van der Waals surface area (Å²) in [7, 11) is 0. The molecule has 1 heterocycles. The van der Waals surface area contributed by atoms with Gasteiger partial charge in [-0.1, -0.05) is 37.6 Å². The highest BCUT2D eigenvalue weighted by Crippen LogP contribution is 2.21. The fraction of sp³-hybridized carbons (Fsp3) is 0.286. The lowest BCUT2D eigenvalue weighted by Gasteiger charge is -2.08. The normalized spacial score (nSPS) is 10.9. The first kappa shape index (κ1) is 12.8. The molecule has 2 aromatic rings. The van der Waals surface area contributed by atoms with Crippen LogP contribution >= 0.6 is 11.6 Å². The monoisotopic (exact) mass is 262 g/mol. The highest BCUT2D eigenvalue weighted by molar-refractivity contribution is 6.35. The fourth-order valence-corrected chi connectivity index (χ4v) is 1.88. The van der Waals surface area contributed by atoms with Gasteiger partial charge in [-0.05, 0) is 18.1 Å². The van der Waals surface area contributed by atoms with E-state index in [-0.39, 0.29) is 5.91 Å². The maximum atomic E-state index is 11.9. The number of halogens is 1. The van der Waals surface area contributed by atoms with Gasteiger partial charge in [-0.3, -0.25) is 9.78 Å². The summed E-state index contributed by atoms with van der Waals surface area (Å²) in [6.07, 6.45) is 1.56. The van der Waals surface area contributed by atoms with Gasteiger partial charge in [0, 0.05) is 18.1 Å². The van der Waals surface area contributed by atoms with E-state index in [4.69, 9.17) is 11.6 Å². The highest BCUT2D eigenvalue weighted by atomic mass is 35.5. The maximum absolute atomic E-state index is 11.9. The average Bonchev–Trinajstić information content (AvgIpc) is 2.35. The number of rotatable bonds is 3. The second kappa shape index (κ2) is 5.36. The summed E-state index contributed by atoms with van der Waals surface area (Å²) in [5, 5.41) is 4.34. The third kappa shape index (κ3) is 2.79. The molecule has 0 saturated carbocycles. The van der Waals surface area contributed by atoms with E-state index in [0.717, 1.165) is 10.9 Å². The minimum atomic E-state index is -0.0990. The van der Waals surface area contributed by atoms with Crippen LogP contribution in [0.3, 0.4) is 0 Å². The van der Waals surface area contributed by atoms with E-state index < -0.39 is 0 Å². The molecule has 0 spiro atoms. The van der Waals surface area contributed by atoms with Gasteiger partial charge in [0.15, 0.2) is 0 Å². The van der Waals surface area contributed by atoms with Crippen molar-refractivity contribution in [2.45, 2.75) is 13.8 Å². The smallest absolute Gasteiger partial charge is 0.252 e. The van der Waals surface area contributed by atoms with Gasteiger partial charge in [0.05, 0.1) is 16.1 Å². The largest absolute Gasteiger partial charge is 0.352 e. The van der Waals surface area contributed by atoms with Gasteiger partial charge in [-0.15, -0.1) is 0 Å². The van der Waals surface area contributed by atoms with Crippen molar-refractivity contribution < 1.29 is 4.79 Å². The molecule has 4 heteroatoms. The van der Waals surface area contributed by atoms with Gasteiger partial charge < -0.3 is 5.32 Å². The van der Waals surface area contributed by atoms with Crippen LogP contribution in [0.15, 0.2) is 30.5 Å². The topological polar surface area (TPSA) is 42.0 Å². The van der Waals surface area contributed by atoms with E-state index in [1.807, 2.05) is 18.2 Å². The Balaban J connectivity index is 2.27. The first-order chi connectivity index (χ1) is 8.58. The minimum Gasteiger partial charge on any atom is -0.352 e. The molecule has 1 N–H and O–H groups in total. The Bertz CT molecular complexity index is 581. The second-order valence-electron chi connectivity index (χ2n) is 4.64. The Kier molecular flexibility index (Phi) is 3.82. The zero-order chi connectivity index (χ0) is 13.1. The molecule has 1 amide bonds. The van der Waals surface area contributed by atoms with Crippen LogP contribution in [0.2, 0.25) is 5.02 Å². The lowest BCUT2D eigenvalue weighted by atomic mass is 10.1. The van der Waals surface area contributed by atoms with Crippen LogP contribution in [0.4, 0.5) is 0 Å². The van der Waals surface area contributed by atoms with Crippen molar-refractivity contribution in [3.63, 3.8) is 0 Å². The van der Waals surface area contributed by atoms with Crippen LogP contribution in [0, 0.1) is 5.92 Å². The third-order valence-electron chi connectivity index (χ3n) is 2.59. The predicted molar refractivity (Wildman–Crippen MR) is 73.9 cm³/mol. The number of fused-ring (bicyclic) bond motifs is 1. The standard InChI is InChI=1S/C14H15ClN2O/c1-9(2)7-17-14(18)11-6-10-4-3-5-12(15)13(10)16-8-11/h3-6,8-9H,7H2,1-2H3,(H,17,18). The van der Waals surface area contributed by atoms with E-state index >= 15 is 0 Å². The number of pyridine rings is 1. The van der Waals surface area contributed by atoms with Crippen molar-refractivity contribution in [2.24, 2.45) is 5.92 Å². The molecule has 94 valence electrons. The SMILES string of the molecule is CC(C)CNC(=O)c1cnc2c(Cl)cccc2c1. The molecule has 0 aliphatic heterocycles. The molecular weight excluding hydrogens is 248 g/mol. The summed E-state index contributed by atoms with van der Waals surface area (Å²) in [5.74, 6) is 0.329. The van der Waals surface area contributed by atoms with Crippen LogP contribution in [-0.2, 0) is 0 Å². The average molecular weight is 263 g/mol. The van der Waals surface area contributed by atoms with E-state index in [9.17, 15) is 4.79 Å². The molecule has 1 aromatic heterocycles. The van der Waals surface area contributed by atoms with Crippen LogP contribution < -0.4 is 5.32 Å². The Hall–Kier alpha value is -1.61. The highest BCUT2D eigenvalue weighted by Gasteiger charge is 2.08. The number of aromatic nitrogens is 1. The van der Waals surface area contributed by atoms with E-state index in [1.165, 1.54) is 0 Å². The number of nitrogens with one attached hydrogen (secondary N) is 1. The van der Waals surface area contributed by atoms with Gasteiger partial charge in [0.2, 0.25) is 0 Å². The zero-order valence-corrected chi connectivity index (χ0v) is 11.2. The van der Waals surface area contributed by atoms with Crippen LogP contribution in [-0.4, -0.2) is 17.4 Å². The molecule has 18 heavy (non-hydrogen) atoms. The summed E-state index contributed by atoms with van der Waals surface area (Å²) in [6, 6.07) is 7.34. The summed E-state index contributed by atoms with van der Waals surface area (Å²) in [4.78, 5) is 16.1. The molecule has 0 radical (unpaired) electrons. The van der Waals surface area contributed by atoms with Gasteiger partial charge in [0.1, 0.15) is 0 Å². The van der Waals surface area contributed by atoms with Crippen molar-refractivity contribution >= 4 is 28.4 Å². The summed E-state index contributed by atoms with van der Waals surface area (Å²) < 4.78 is 0. The van der Waals surface area contributed by atoms with Gasteiger partial charge in [0.25, 0.3) is 5.91 Å². The quantitative estimate of drug-likeness (QED) is 0.922. The minimum absolute atomic E-state index is 0.0990. The molecule has 1 aromatic carbocycles. The lowest BCUT2D eigenvalue weighted by Crippen LogP contribution is -2.27. The number of hydrogen-bond acceptors (Lipinski definition) is 2. The third-order valence-corrected chi connectivity index (χ3v) is 2.90. The molecule has 0 bridgehead atoms. The summed E-state index contributed by atoms with van der Waals surface area (Å²) >= 11 is 6.03. The van der Waals surface area contributed by atoms with Crippen molar-refractivity contribution in [2.75, 3.05) is 6.54 Å². The molecule has 2 rings (SSSR count). The van der Waals surface area contributed by atoms with E-state index in [0.29, 0.717) is 23.0 Å². The van der Waals surface area contributed by atoms with Crippen LogP contribution in [0.25, 0.3) is 10.9 Å². The van der Waals surface area contributed by atoms with Crippen molar-refractivity contribution in [3.05, 3.63) is 41.0 Å². The molecule has 0 aliphatic carbocycles. The maximum Gasteiger partial charge on any atom is 0.252 e. The molecule has 3 nitrogen and oxygen atoms in total. The number of hydrogen-bond donors (Lipinski definition) is 1. The fourth-order valence-electron chi connectivity index (χ4n) is 1.65. The van der Waals surface area contributed by atoms with E-state index in [2.05, 4.69) is 24.1 Å². The Labute approximate surface area is 111 Å². The number of carbonyl (C=O) groups is 1. The van der Waals surface area contributed by atoms with Crippen molar-refractivity contribution in [1.82, 2.24) is 10.3 Å². The first-order valence-corrected chi connectivity index (χ1v) is 6.28. The van der Waals surface area contributed by atoms with Gasteiger partial charge >= 0.3 is 0 Å². The Morgan fingerprint density at radius 2 is 2.22 bits per heavy atom. The molecular formula is C14H15ClN2O.